The van der Waals surface area contributed by atoms with Gasteiger partial charge in [-0.25, -0.2) is 4.98 Å². The van der Waals surface area contributed by atoms with E-state index in [0.29, 0.717) is 26.8 Å². The number of carbonyl (C=O) groups excluding carboxylic acids is 1. The Hall–Kier alpha value is -2.20. The Morgan fingerprint density at radius 3 is 2.87 bits per heavy atom. The van der Waals surface area contributed by atoms with E-state index in [1.807, 2.05) is 30.5 Å². The number of thiazole rings is 1. The lowest BCUT2D eigenvalue weighted by atomic mass is 10.2. The molecule has 114 valence electrons. The predicted octanol–water partition coefficient (Wildman–Crippen LogP) is 4.96. The third-order valence-electron chi connectivity index (χ3n) is 3.08. The number of hydrogen-bond acceptors (Lipinski definition) is 5. The minimum atomic E-state index is -0.233. The van der Waals surface area contributed by atoms with Gasteiger partial charge in [0.15, 0.2) is 0 Å². The highest BCUT2D eigenvalue weighted by Gasteiger charge is 2.17. The molecule has 1 N–H and O–H groups in total. The normalized spacial score (nSPS) is 10.3. The summed E-state index contributed by atoms with van der Waals surface area (Å²) in [6, 6.07) is 10.7. The first kappa shape index (κ1) is 15.7. The zero-order chi connectivity index (χ0) is 16.4. The van der Waals surface area contributed by atoms with Crippen LogP contribution >= 0.6 is 34.3 Å². The molecule has 1 amide bonds. The van der Waals surface area contributed by atoms with Crippen molar-refractivity contribution in [3.8, 4) is 16.0 Å². The second-order valence-corrected chi connectivity index (χ2v) is 7.03. The number of aryl methyl sites for hydroxylation is 1. The molecule has 0 radical (unpaired) electrons. The number of amides is 1. The van der Waals surface area contributed by atoms with Crippen molar-refractivity contribution < 1.29 is 4.79 Å². The number of halogens is 1. The van der Waals surface area contributed by atoms with Crippen molar-refractivity contribution in [1.29, 1.82) is 5.26 Å². The molecule has 7 heteroatoms. The number of nitriles is 1. The number of nitrogens with one attached hydrogen (secondary N) is 1. The van der Waals surface area contributed by atoms with E-state index >= 15 is 0 Å². The Bertz CT molecular complexity index is 910. The SMILES string of the molecule is Cc1nc(-c2cccs2)sc1C(=O)Nc1ccc(C#N)c(Cl)c1. The van der Waals surface area contributed by atoms with Crippen LogP contribution in [0.25, 0.3) is 9.88 Å². The Morgan fingerprint density at radius 1 is 1.39 bits per heavy atom. The molecule has 3 aromatic rings. The summed E-state index contributed by atoms with van der Waals surface area (Å²) >= 11 is 8.93. The van der Waals surface area contributed by atoms with Crippen LogP contribution in [0.5, 0.6) is 0 Å². The molecule has 2 heterocycles. The summed E-state index contributed by atoms with van der Waals surface area (Å²) in [6.07, 6.45) is 0. The van der Waals surface area contributed by atoms with Crippen LogP contribution in [-0.2, 0) is 0 Å². The minimum Gasteiger partial charge on any atom is -0.321 e. The fourth-order valence-corrected chi connectivity index (χ4v) is 3.97. The van der Waals surface area contributed by atoms with E-state index in [4.69, 9.17) is 16.9 Å². The Kier molecular flexibility index (Phi) is 4.44. The summed E-state index contributed by atoms with van der Waals surface area (Å²) in [7, 11) is 0. The van der Waals surface area contributed by atoms with E-state index in [1.165, 1.54) is 11.3 Å². The van der Waals surface area contributed by atoms with Crippen molar-refractivity contribution >= 4 is 45.9 Å². The van der Waals surface area contributed by atoms with Gasteiger partial charge in [0.05, 0.1) is 21.2 Å². The van der Waals surface area contributed by atoms with Crippen molar-refractivity contribution in [1.82, 2.24) is 4.98 Å². The van der Waals surface area contributed by atoms with Crippen molar-refractivity contribution in [2.24, 2.45) is 0 Å². The van der Waals surface area contributed by atoms with E-state index in [1.54, 1.807) is 29.5 Å². The van der Waals surface area contributed by atoms with Crippen LogP contribution in [0.3, 0.4) is 0 Å². The lowest BCUT2D eigenvalue weighted by Crippen LogP contribution is -2.11. The maximum Gasteiger partial charge on any atom is 0.267 e. The maximum atomic E-state index is 12.4. The average molecular weight is 360 g/mol. The van der Waals surface area contributed by atoms with Crippen LogP contribution in [0, 0.1) is 18.3 Å². The smallest absolute Gasteiger partial charge is 0.267 e. The van der Waals surface area contributed by atoms with Gasteiger partial charge in [0.1, 0.15) is 16.0 Å². The summed E-state index contributed by atoms with van der Waals surface area (Å²) in [5.74, 6) is -0.233. The van der Waals surface area contributed by atoms with Crippen molar-refractivity contribution in [3.05, 3.63) is 56.9 Å². The molecule has 0 aliphatic carbocycles. The molecular formula is C16H10ClN3OS2. The number of aromatic nitrogens is 1. The van der Waals surface area contributed by atoms with Crippen LogP contribution in [0.2, 0.25) is 5.02 Å². The monoisotopic (exact) mass is 359 g/mol. The molecule has 0 bridgehead atoms. The molecule has 0 saturated heterocycles. The van der Waals surface area contributed by atoms with Gasteiger partial charge in [-0.05, 0) is 36.6 Å². The molecule has 4 nitrogen and oxygen atoms in total. The highest BCUT2D eigenvalue weighted by Crippen LogP contribution is 2.31. The van der Waals surface area contributed by atoms with Crippen molar-refractivity contribution in [2.75, 3.05) is 5.32 Å². The summed E-state index contributed by atoms with van der Waals surface area (Å²) in [5.41, 5.74) is 1.61. The zero-order valence-electron chi connectivity index (χ0n) is 12.0. The molecule has 0 aliphatic heterocycles. The first-order valence-electron chi connectivity index (χ1n) is 6.61. The van der Waals surface area contributed by atoms with Gasteiger partial charge in [-0.1, -0.05) is 17.7 Å². The predicted molar refractivity (Wildman–Crippen MR) is 94.3 cm³/mol. The lowest BCUT2D eigenvalue weighted by Gasteiger charge is -2.05. The van der Waals surface area contributed by atoms with Gasteiger partial charge in [-0.3, -0.25) is 4.79 Å². The van der Waals surface area contributed by atoms with Gasteiger partial charge in [-0.15, -0.1) is 22.7 Å². The Balaban J connectivity index is 1.84. The van der Waals surface area contributed by atoms with E-state index < -0.39 is 0 Å². The van der Waals surface area contributed by atoms with Gasteiger partial charge in [-0.2, -0.15) is 5.26 Å². The van der Waals surface area contributed by atoms with Crippen molar-refractivity contribution in [3.63, 3.8) is 0 Å². The van der Waals surface area contributed by atoms with Gasteiger partial charge < -0.3 is 5.32 Å². The first-order chi connectivity index (χ1) is 11.1. The van der Waals surface area contributed by atoms with Crippen LogP contribution < -0.4 is 5.32 Å². The number of anilines is 1. The summed E-state index contributed by atoms with van der Waals surface area (Å²) in [6.45, 7) is 1.81. The second kappa shape index (κ2) is 6.50. The molecule has 23 heavy (non-hydrogen) atoms. The molecule has 3 rings (SSSR count). The number of hydrogen-bond donors (Lipinski definition) is 1. The Labute approximate surface area is 146 Å². The van der Waals surface area contributed by atoms with Crippen LogP contribution in [0.1, 0.15) is 20.9 Å². The van der Waals surface area contributed by atoms with Gasteiger partial charge in [0.25, 0.3) is 5.91 Å². The highest BCUT2D eigenvalue weighted by atomic mass is 35.5. The average Bonchev–Trinajstić information content (AvgIpc) is 3.16. The van der Waals surface area contributed by atoms with E-state index in [9.17, 15) is 4.79 Å². The molecule has 0 unspecified atom stereocenters. The number of thiophene rings is 1. The summed E-state index contributed by atoms with van der Waals surface area (Å²) < 4.78 is 0. The quantitative estimate of drug-likeness (QED) is 0.718. The third kappa shape index (κ3) is 3.27. The molecule has 0 fully saturated rings. The van der Waals surface area contributed by atoms with Gasteiger partial charge >= 0.3 is 0 Å². The fourth-order valence-electron chi connectivity index (χ4n) is 1.98. The number of nitrogens with zero attached hydrogens (tertiary/aromatic N) is 2. The Morgan fingerprint density at radius 2 is 2.22 bits per heavy atom. The molecule has 0 saturated carbocycles. The molecule has 1 aromatic carbocycles. The molecular weight excluding hydrogens is 350 g/mol. The van der Waals surface area contributed by atoms with E-state index in [-0.39, 0.29) is 5.91 Å². The highest BCUT2D eigenvalue weighted by molar-refractivity contribution is 7.22. The molecule has 0 spiro atoms. The fraction of sp³-hybridized carbons (Fsp3) is 0.0625. The topological polar surface area (TPSA) is 65.8 Å². The molecule has 0 atom stereocenters. The minimum absolute atomic E-state index is 0.233. The number of carbonyl (C=O) groups is 1. The van der Waals surface area contributed by atoms with Crippen molar-refractivity contribution in [2.45, 2.75) is 6.92 Å². The molecule has 2 aromatic heterocycles. The second-order valence-electron chi connectivity index (χ2n) is 4.67. The number of benzene rings is 1. The third-order valence-corrected chi connectivity index (χ3v) is 5.59. The van der Waals surface area contributed by atoms with Crippen LogP contribution in [-0.4, -0.2) is 10.9 Å². The molecule has 0 aliphatic rings. The van der Waals surface area contributed by atoms with Gasteiger partial charge in [0.2, 0.25) is 0 Å². The maximum absolute atomic E-state index is 12.4. The van der Waals surface area contributed by atoms with E-state index in [2.05, 4.69) is 10.3 Å². The largest absolute Gasteiger partial charge is 0.321 e. The zero-order valence-corrected chi connectivity index (χ0v) is 14.4. The lowest BCUT2D eigenvalue weighted by molar-refractivity contribution is 0.103. The number of rotatable bonds is 3. The standard InChI is InChI=1S/C16H10ClN3OS2/c1-9-14(23-16(19-9)13-3-2-6-22-13)15(21)20-11-5-4-10(8-18)12(17)7-11/h2-7H,1H3,(H,20,21). The summed E-state index contributed by atoms with van der Waals surface area (Å²) in [5, 5.41) is 14.8. The van der Waals surface area contributed by atoms with Gasteiger partial charge in [0, 0.05) is 5.69 Å². The summed E-state index contributed by atoms with van der Waals surface area (Å²) in [4.78, 5) is 18.5. The van der Waals surface area contributed by atoms with E-state index in [0.717, 1.165) is 9.88 Å². The van der Waals surface area contributed by atoms with Crippen LogP contribution in [0.15, 0.2) is 35.7 Å². The first-order valence-corrected chi connectivity index (χ1v) is 8.68. The van der Waals surface area contributed by atoms with Crippen LogP contribution in [0.4, 0.5) is 5.69 Å².